The number of carbonyl (C=O) groups is 1. The van der Waals surface area contributed by atoms with E-state index in [0.717, 1.165) is 0 Å². The number of carbonyl (C=O) groups excluding carboxylic acids is 1. The van der Waals surface area contributed by atoms with Gasteiger partial charge in [-0.3, -0.25) is 4.79 Å². The molecule has 1 saturated heterocycles. The number of aliphatic hydroxyl groups excluding tert-OH is 2. The Labute approximate surface area is 63.8 Å². The molecule has 0 spiro atoms. The molecule has 0 aromatic heterocycles. The zero-order valence-corrected chi connectivity index (χ0v) is 5.93. The van der Waals surface area contributed by atoms with Crippen LogP contribution in [0.2, 0.25) is 0 Å². The van der Waals surface area contributed by atoms with Crippen LogP contribution in [0.15, 0.2) is 0 Å². The van der Waals surface area contributed by atoms with Crippen molar-refractivity contribution in [1.82, 2.24) is 0 Å². The average molecular weight is 158 g/mol. The van der Waals surface area contributed by atoms with E-state index in [4.69, 9.17) is 9.84 Å². The summed E-state index contributed by atoms with van der Waals surface area (Å²) in [4.78, 5) is 10.7. The van der Waals surface area contributed by atoms with Gasteiger partial charge in [-0.1, -0.05) is 0 Å². The van der Waals surface area contributed by atoms with Crippen molar-refractivity contribution in [3.8, 4) is 0 Å². The minimum absolute atomic E-state index is 0.169. The predicted octanol–water partition coefficient (Wildman–Crippen LogP) is -0.956. The smallest absolute Gasteiger partial charge is 0.306 e. The molecule has 0 bridgehead atoms. The molecular weight excluding hydrogens is 148 g/mol. The van der Waals surface area contributed by atoms with Crippen molar-refractivity contribution in [3.63, 3.8) is 0 Å². The Balaban J connectivity index is 2.13. The Kier molecular flexibility index (Phi) is 1.40. The van der Waals surface area contributed by atoms with Crippen molar-refractivity contribution >= 4 is 5.97 Å². The second-order valence-electron chi connectivity index (χ2n) is 3.19. The van der Waals surface area contributed by atoms with Crippen LogP contribution in [-0.4, -0.2) is 34.5 Å². The standard InChI is InChI=1S/C7H10O4/c8-4-2-5-3(7(4)10)1-6(9)11-5/h3-5,7-8,10H,1-2H2/t3?,4-,5?,7-/m1/s1. The maximum atomic E-state index is 10.7. The third-order valence-corrected chi connectivity index (χ3v) is 2.47. The molecule has 11 heavy (non-hydrogen) atoms. The molecule has 1 saturated carbocycles. The Bertz CT molecular complexity index is 191. The van der Waals surface area contributed by atoms with Gasteiger partial charge in [-0.05, 0) is 0 Å². The molecule has 2 aliphatic rings. The first kappa shape index (κ1) is 7.06. The fourth-order valence-corrected chi connectivity index (χ4v) is 1.85. The van der Waals surface area contributed by atoms with Gasteiger partial charge in [0.1, 0.15) is 6.10 Å². The number of ether oxygens (including phenoxy) is 1. The van der Waals surface area contributed by atoms with E-state index in [1.807, 2.05) is 0 Å². The number of esters is 1. The summed E-state index contributed by atoms with van der Waals surface area (Å²) >= 11 is 0. The molecule has 4 nitrogen and oxygen atoms in total. The van der Waals surface area contributed by atoms with Crippen LogP contribution >= 0.6 is 0 Å². The number of rotatable bonds is 0. The molecule has 2 N–H and O–H groups in total. The first-order chi connectivity index (χ1) is 5.18. The fourth-order valence-electron chi connectivity index (χ4n) is 1.85. The van der Waals surface area contributed by atoms with Crippen LogP contribution in [-0.2, 0) is 9.53 Å². The van der Waals surface area contributed by atoms with E-state index in [9.17, 15) is 9.90 Å². The minimum Gasteiger partial charge on any atom is -0.462 e. The zero-order chi connectivity index (χ0) is 8.01. The summed E-state index contributed by atoms with van der Waals surface area (Å²) in [5.41, 5.74) is 0. The number of fused-ring (bicyclic) bond motifs is 1. The van der Waals surface area contributed by atoms with E-state index < -0.39 is 12.2 Å². The van der Waals surface area contributed by atoms with Crippen molar-refractivity contribution in [2.45, 2.75) is 31.2 Å². The van der Waals surface area contributed by atoms with Crippen molar-refractivity contribution in [3.05, 3.63) is 0 Å². The Morgan fingerprint density at radius 1 is 1.45 bits per heavy atom. The molecule has 0 aromatic rings. The number of hydrogen-bond acceptors (Lipinski definition) is 4. The van der Waals surface area contributed by atoms with Gasteiger partial charge in [0.2, 0.25) is 0 Å². The lowest BCUT2D eigenvalue weighted by Crippen LogP contribution is -2.25. The lowest BCUT2D eigenvalue weighted by Gasteiger charge is -2.10. The van der Waals surface area contributed by atoms with Crippen LogP contribution < -0.4 is 0 Å². The highest BCUT2D eigenvalue weighted by Crippen LogP contribution is 2.36. The summed E-state index contributed by atoms with van der Waals surface area (Å²) in [6, 6.07) is 0. The van der Waals surface area contributed by atoms with E-state index >= 15 is 0 Å². The molecule has 0 amide bonds. The highest BCUT2D eigenvalue weighted by atomic mass is 16.6. The molecule has 2 rings (SSSR count). The normalized spacial score (nSPS) is 49.1. The van der Waals surface area contributed by atoms with E-state index in [-0.39, 0.29) is 24.4 Å². The first-order valence-corrected chi connectivity index (χ1v) is 3.74. The van der Waals surface area contributed by atoms with Crippen LogP contribution in [0, 0.1) is 5.92 Å². The fraction of sp³-hybridized carbons (Fsp3) is 0.857. The predicted molar refractivity (Wildman–Crippen MR) is 34.6 cm³/mol. The van der Waals surface area contributed by atoms with Gasteiger partial charge in [0, 0.05) is 12.3 Å². The van der Waals surface area contributed by atoms with Crippen LogP contribution in [0.3, 0.4) is 0 Å². The van der Waals surface area contributed by atoms with E-state index in [1.165, 1.54) is 0 Å². The van der Waals surface area contributed by atoms with Crippen LogP contribution in [0.25, 0.3) is 0 Å². The largest absolute Gasteiger partial charge is 0.462 e. The summed E-state index contributed by atoms with van der Waals surface area (Å²) in [5, 5.41) is 18.5. The molecule has 2 fully saturated rings. The maximum absolute atomic E-state index is 10.7. The van der Waals surface area contributed by atoms with Crippen LogP contribution in [0.1, 0.15) is 12.8 Å². The van der Waals surface area contributed by atoms with Crippen molar-refractivity contribution in [1.29, 1.82) is 0 Å². The molecular formula is C7H10O4. The van der Waals surface area contributed by atoms with Gasteiger partial charge in [0.15, 0.2) is 0 Å². The van der Waals surface area contributed by atoms with Crippen LogP contribution in [0.5, 0.6) is 0 Å². The highest BCUT2D eigenvalue weighted by molar-refractivity contribution is 5.72. The van der Waals surface area contributed by atoms with Gasteiger partial charge in [0.05, 0.1) is 18.6 Å². The number of hydrogen-bond donors (Lipinski definition) is 2. The topological polar surface area (TPSA) is 66.8 Å². The summed E-state index contributed by atoms with van der Waals surface area (Å²) < 4.78 is 4.87. The summed E-state index contributed by atoms with van der Waals surface area (Å²) in [6.45, 7) is 0. The zero-order valence-electron chi connectivity index (χ0n) is 5.93. The molecule has 1 aliphatic heterocycles. The Hall–Kier alpha value is -0.610. The monoisotopic (exact) mass is 158 g/mol. The van der Waals surface area contributed by atoms with Gasteiger partial charge in [-0.15, -0.1) is 0 Å². The molecule has 4 atom stereocenters. The molecule has 62 valence electrons. The second-order valence-corrected chi connectivity index (χ2v) is 3.19. The van der Waals surface area contributed by atoms with Crippen LogP contribution in [0.4, 0.5) is 0 Å². The van der Waals surface area contributed by atoms with E-state index in [1.54, 1.807) is 0 Å². The summed E-state index contributed by atoms with van der Waals surface area (Å²) in [6.07, 6.45) is -1.09. The summed E-state index contributed by atoms with van der Waals surface area (Å²) in [5.74, 6) is -0.427. The van der Waals surface area contributed by atoms with Gasteiger partial charge >= 0.3 is 5.97 Å². The molecule has 2 unspecified atom stereocenters. The highest BCUT2D eigenvalue weighted by Gasteiger charge is 2.48. The van der Waals surface area contributed by atoms with Crippen molar-refractivity contribution in [2.24, 2.45) is 5.92 Å². The average Bonchev–Trinajstić information content (AvgIpc) is 2.37. The van der Waals surface area contributed by atoms with Gasteiger partial charge in [-0.25, -0.2) is 0 Å². The maximum Gasteiger partial charge on any atom is 0.306 e. The third kappa shape index (κ3) is 0.937. The van der Waals surface area contributed by atoms with E-state index in [0.29, 0.717) is 6.42 Å². The van der Waals surface area contributed by atoms with Crippen molar-refractivity contribution < 1.29 is 19.7 Å². The van der Waals surface area contributed by atoms with Crippen molar-refractivity contribution in [2.75, 3.05) is 0 Å². The molecule has 1 aliphatic carbocycles. The lowest BCUT2D eigenvalue weighted by molar-refractivity contribution is -0.142. The quantitative estimate of drug-likeness (QED) is 0.446. The van der Waals surface area contributed by atoms with Gasteiger partial charge in [0.25, 0.3) is 0 Å². The second kappa shape index (κ2) is 2.19. The Morgan fingerprint density at radius 2 is 2.18 bits per heavy atom. The summed E-state index contributed by atoms with van der Waals surface area (Å²) in [7, 11) is 0. The van der Waals surface area contributed by atoms with E-state index in [2.05, 4.69) is 0 Å². The number of aliphatic hydroxyl groups is 2. The molecule has 4 heteroatoms. The first-order valence-electron chi connectivity index (χ1n) is 3.74. The van der Waals surface area contributed by atoms with Gasteiger partial charge < -0.3 is 14.9 Å². The molecule has 0 radical (unpaired) electrons. The van der Waals surface area contributed by atoms with Gasteiger partial charge in [-0.2, -0.15) is 0 Å². The minimum atomic E-state index is -0.772. The Morgan fingerprint density at radius 3 is 2.82 bits per heavy atom. The SMILES string of the molecule is O=C1CC2C(C[C@@H](O)[C@@H]2O)O1. The lowest BCUT2D eigenvalue weighted by atomic mass is 10.0. The molecule has 0 aromatic carbocycles. The molecule has 1 heterocycles. The third-order valence-electron chi connectivity index (χ3n) is 2.47.